The zero-order valence-corrected chi connectivity index (χ0v) is 9.59. The molecule has 0 aliphatic carbocycles. The summed E-state index contributed by atoms with van der Waals surface area (Å²) in [6.07, 6.45) is 2.61. The van der Waals surface area contributed by atoms with Crippen molar-refractivity contribution in [1.29, 1.82) is 0 Å². The third kappa shape index (κ3) is 1.69. The summed E-state index contributed by atoms with van der Waals surface area (Å²) >= 11 is 0. The molecule has 0 N–H and O–H groups in total. The Bertz CT molecular complexity index is 200. The fraction of sp³-hybridized carbons (Fsp3) is 1.00. The summed E-state index contributed by atoms with van der Waals surface area (Å²) in [6.45, 7) is 8.61. The monoisotopic (exact) mass is 199 g/mol. The lowest BCUT2D eigenvalue weighted by Gasteiger charge is -2.33. The van der Waals surface area contributed by atoms with Crippen LogP contribution in [-0.4, -0.2) is 29.7 Å². The van der Waals surface area contributed by atoms with Crippen molar-refractivity contribution in [2.45, 2.75) is 51.7 Å². The average Bonchev–Trinajstić information content (AvgIpc) is 2.36. The second-order valence-corrected chi connectivity index (χ2v) is 5.84. The van der Waals surface area contributed by atoms with Crippen LogP contribution in [-0.2, 0) is 0 Å². The Morgan fingerprint density at radius 2 is 2.07 bits per heavy atom. The van der Waals surface area contributed by atoms with E-state index in [0.717, 1.165) is 18.9 Å². The van der Waals surface area contributed by atoms with Crippen LogP contribution in [0.1, 0.15) is 40.0 Å². The molecule has 0 spiro atoms. The lowest BCUT2D eigenvalue weighted by molar-refractivity contribution is 0.163. The highest BCUT2D eigenvalue weighted by atomic mass is 19.1. The summed E-state index contributed by atoms with van der Waals surface area (Å²) in [6, 6.07) is 0. The van der Waals surface area contributed by atoms with Crippen molar-refractivity contribution in [2.75, 3.05) is 13.1 Å². The molecule has 0 aromatic carbocycles. The number of halogens is 1. The van der Waals surface area contributed by atoms with E-state index in [-0.39, 0.29) is 5.54 Å². The third-order valence-corrected chi connectivity index (χ3v) is 3.74. The van der Waals surface area contributed by atoms with Gasteiger partial charge in [0.25, 0.3) is 0 Å². The standard InChI is InChI=1S/C12H22FN/c1-9(2)4-12-5-10(3)7-14(12)8-11(13)6-12/h9-11H,4-8H2,1-3H3/t10-,11-,12+/m1/s1. The molecule has 2 aliphatic heterocycles. The van der Waals surface area contributed by atoms with Gasteiger partial charge in [0.2, 0.25) is 0 Å². The first-order chi connectivity index (χ1) is 6.52. The fourth-order valence-corrected chi connectivity index (χ4v) is 3.66. The molecule has 2 fully saturated rings. The zero-order chi connectivity index (χ0) is 10.3. The van der Waals surface area contributed by atoms with Crippen LogP contribution in [0.5, 0.6) is 0 Å². The highest BCUT2D eigenvalue weighted by molar-refractivity contribution is 5.05. The van der Waals surface area contributed by atoms with Crippen molar-refractivity contribution in [2.24, 2.45) is 11.8 Å². The third-order valence-electron chi connectivity index (χ3n) is 3.74. The van der Waals surface area contributed by atoms with Crippen LogP contribution < -0.4 is 0 Å². The molecule has 0 aromatic rings. The minimum Gasteiger partial charge on any atom is -0.294 e. The van der Waals surface area contributed by atoms with Crippen molar-refractivity contribution in [1.82, 2.24) is 4.90 Å². The summed E-state index contributed by atoms with van der Waals surface area (Å²) in [5.74, 6) is 1.45. The predicted octanol–water partition coefficient (Wildman–Crippen LogP) is 2.85. The second kappa shape index (κ2) is 3.48. The van der Waals surface area contributed by atoms with Crippen LogP contribution in [0.25, 0.3) is 0 Å². The highest BCUT2D eigenvalue weighted by Gasteiger charge is 2.50. The number of alkyl halides is 1. The van der Waals surface area contributed by atoms with E-state index in [1.165, 1.54) is 12.8 Å². The first kappa shape index (κ1) is 10.4. The van der Waals surface area contributed by atoms with Gasteiger partial charge in [0, 0.05) is 18.6 Å². The Morgan fingerprint density at radius 1 is 1.36 bits per heavy atom. The molecular weight excluding hydrogens is 177 g/mol. The quantitative estimate of drug-likeness (QED) is 0.661. The molecular formula is C12H22FN. The molecule has 2 aliphatic rings. The van der Waals surface area contributed by atoms with Crippen molar-refractivity contribution in [3.63, 3.8) is 0 Å². The molecule has 0 unspecified atom stereocenters. The number of fused-ring (bicyclic) bond motifs is 1. The van der Waals surface area contributed by atoms with E-state index >= 15 is 0 Å². The Labute approximate surface area is 86.7 Å². The van der Waals surface area contributed by atoms with Crippen molar-refractivity contribution >= 4 is 0 Å². The number of nitrogens with zero attached hydrogens (tertiary/aromatic N) is 1. The Kier molecular flexibility index (Phi) is 2.59. The van der Waals surface area contributed by atoms with Gasteiger partial charge in [0.1, 0.15) is 6.17 Å². The maximum absolute atomic E-state index is 13.4. The van der Waals surface area contributed by atoms with E-state index in [1.54, 1.807) is 0 Å². The number of rotatable bonds is 2. The Hall–Kier alpha value is -0.110. The van der Waals surface area contributed by atoms with Crippen LogP contribution in [0.4, 0.5) is 4.39 Å². The van der Waals surface area contributed by atoms with Crippen LogP contribution in [0.2, 0.25) is 0 Å². The minimum absolute atomic E-state index is 0.229. The smallest absolute Gasteiger partial charge is 0.115 e. The molecule has 0 radical (unpaired) electrons. The van der Waals surface area contributed by atoms with E-state index < -0.39 is 6.17 Å². The first-order valence-corrected chi connectivity index (χ1v) is 5.91. The molecule has 2 saturated heterocycles. The summed E-state index contributed by atoms with van der Waals surface area (Å²) in [7, 11) is 0. The first-order valence-electron chi connectivity index (χ1n) is 5.91. The SMILES string of the molecule is CC(C)C[C@@]12C[C@@H](C)CN1C[C@H](F)C2. The maximum atomic E-state index is 13.4. The van der Waals surface area contributed by atoms with E-state index in [9.17, 15) is 4.39 Å². The van der Waals surface area contributed by atoms with Gasteiger partial charge in [0.05, 0.1) is 0 Å². The minimum atomic E-state index is -0.568. The Balaban J connectivity index is 2.12. The van der Waals surface area contributed by atoms with Crippen molar-refractivity contribution in [3.8, 4) is 0 Å². The van der Waals surface area contributed by atoms with E-state index in [1.807, 2.05) is 0 Å². The topological polar surface area (TPSA) is 3.24 Å². The van der Waals surface area contributed by atoms with Gasteiger partial charge in [-0.3, -0.25) is 4.90 Å². The van der Waals surface area contributed by atoms with Crippen molar-refractivity contribution in [3.05, 3.63) is 0 Å². The van der Waals surface area contributed by atoms with Crippen LogP contribution in [0.15, 0.2) is 0 Å². The molecule has 0 aromatic heterocycles. The fourth-order valence-electron chi connectivity index (χ4n) is 3.66. The van der Waals surface area contributed by atoms with Crippen molar-refractivity contribution < 1.29 is 4.39 Å². The Morgan fingerprint density at radius 3 is 2.71 bits per heavy atom. The highest BCUT2D eigenvalue weighted by Crippen LogP contribution is 2.45. The molecule has 2 heteroatoms. The van der Waals surface area contributed by atoms with Gasteiger partial charge in [0.15, 0.2) is 0 Å². The molecule has 0 amide bonds. The summed E-state index contributed by atoms with van der Waals surface area (Å²) in [5.41, 5.74) is 0.229. The van der Waals surface area contributed by atoms with Gasteiger partial charge < -0.3 is 0 Å². The van der Waals surface area contributed by atoms with Gasteiger partial charge in [-0.15, -0.1) is 0 Å². The van der Waals surface area contributed by atoms with Gasteiger partial charge >= 0.3 is 0 Å². The van der Waals surface area contributed by atoms with Gasteiger partial charge in [-0.25, -0.2) is 4.39 Å². The molecule has 2 heterocycles. The van der Waals surface area contributed by atoms with Crippen LogP contribution in [0.3, 0.4) is 0 Å². The lowest BCUT2D eigenvalue weighted by Crippen LogP contribution is -2.39. The average molecular weight is 199 g/mol. The van der Waals surface area contributed by atoms with Gasteiger partial charge in [-0.05, 0) is 31.1 Å². The molecule has 3 atom stereocenters. The van der Waals surface area contributed by atoms with Crippen LogP contribution >= 0.6 is 0 Å². The predicted molar refractivity (Wildman–Crippen MR) is 57.1 cm³/mol. The normalized spacial score (nSPS) is 43.5. The van der Waals surface area contributed by atoms with E-state index in [2.05, 4.69) is 25.7 Å². The molecule has 0 saturated carbocycles. The van der Waals surface area contributed by atoms with Crippen LogP contribution in [0, 0.1) is 11.8 Å². The molecule has 2 rings (SSSR count). The van der Waals surface area contributed by atoms with E-state index in [0.29, 0.717) is 12.5 Å². The summed E-state index contributed by atoms with van der Waals surface area (Å²) < 4.78 is 13.4. The zero-order valence-electron chi connectivity index (χ0n) is 9.59. The number of hydrogen-bond acceptors (Lipinski definition) is 1. The van der Waals surface area contributed by atoms with Gasteiger partial charge in [-0.2, -0.15) is 0 Å². The molecule has 14 heavy (non-hydrogen) atoms. The molecule has 1 nitrogen and oxygen atoms in total. The molecule has 82 valence electrons. The largest absolute Gasteiger partial charge is 0.294 e. The molecule has 0 bridgehead atoms. The van der Waals surface area contributed by atoms with E-state index in [4.69, 9.17) is 0 Å². The lowest BCUT2D eigenvalue weighted by atomic mass is 9.83. The number of hydrogen-bond donors (Lipinski definition) is 0. The summed E-state index contributed by atoms with van der Waals surface area (Å²) in [5, 5.41) is 0. The second-order valence-electron chi connectivity index (χ2n) is 5.84. The maximum Gasteiger partial charge on any atom is 0.115 e. The van der Waals surface area contributed by atoms with Gasteiger partial charge in [-0.1, -0.05) is 20.8 Å². The summed E-state index contributed by atoms with van der Waals surface area (Å²) in [4.78, 5) is 2.42.